The van der Waals surface area contributed by atoms with Crippen molar-refractivity contribution in [2.75, 3.05) is 6.61 Å². The minimum absolute atomic E-state index is 0.0344. The number of thiazole rings is 1. The quantitative estimate of drug-likeness (QED) is 0.317. The normalized spacial score (nSPS) is 17.1. The van der Waals surface area contributed by atoms with Gasteiger partial charge in [-0.15, -0.1) is 0 Å². The standard InChI is InChI=1S/C28H33NO6S/c1-5-6-7-12-28(14-21(30)23-18(4)24(31)16(2)17(3)25(23)35-28)15-34-20-10-8-19(9-11-20)13-22-26(32)29-27(33)36-22/h8-11,31-32H,5-7,12-15H2,1-4H3,(H,29,33). The lowest BCUT2D eigenvalue weighted by Gasteiger charge is -2.39. The van der Waals surface area contributed by atoms with E-state index in [0.717, 1.165) is 47.3 Å². The molecule has 4 rings (SSSR count). The number of hydrogen-bond acceptors (Lipinski definition) is 7. The number of nitrogens with one attached hydrogen (secondary N) is 1. The van der Waals surface area contributed by atoms with E-state index in [2.05, 4.69) is 11.9 Å². The third-order valence-electron chi connectivity index (χ3n) is 7.02. The molecular formula is C28H33NO6S. The Kier molecular flexibility index (Phi) is 7.45. The van der Waals surface area contributed by atoms with Crippen molar-refractivity contribution in [1.29, 1.82) is 0 Å². The minimum Gasteiger partial charge on any atom is -0.507 e. The van der Waals surface area contributed by atoms with Crippen LogP contribution in [0.15, 0.2) is 29.1 Å². The Labute approximate surface area is 214 Å². The van der Waals surface area contributed by atoms with E-state index in [0.29, 0.717) is 40.3 Å². The number of rotatable bonds is 9. The minimum atomic E-state index is -0.790. The molecule has 1 aliphatic heterocycles. The van der Waals surface area contributed by atoms with Crippen molar-refractivity contribution < 1.29 is 24.5 Å². The van der Waals surface area contributed by atoms with Gasteiger partial charge < -0.3 is 19.7 Å². The van der Waals surface area contributed by atoms with Gasteiger partial charge in [-0.3, -0.25) is 14.6 Å². The zero-order chi connectivity index (χ0) is 26.0. The van der Waals surface area contributed by atoms with Crippen LogP contribution in [-0.4, -0.2) is 33.2 Å². The number of aromatic amines is 1. The lowest BCUT2D eigenvalue weighted by molar-refractivity contribution is -0.00328. The van der Waals surface area contributed by atoms with Crippen molar-refractivity contribution in [3.05, 3.63) is 66.6 Å². The molecular weight excluding hydrogens is 478 g/mol. The first-order chi connectivity index (χ1) is 17.1. The maximum Gasteiger partial charge on any atom is 0.307 e. The van der Waals surface area contributed by atoms with E-state index in [-0.39, 0.29) is 35.3 Å². The molecule has 7 nitrogen and oxygen atoms in total. The molecule has 0 bridgehead atoms. The molecule has 192 valence electrons. The highest BCUT2D eigenvalue weighted by Gasteiger charge is 2.43. The van der Waals surface area contributed by atoms with Crippen molar-refractivity contribution in [1.82, 2.24) is 4.98 Å². The van der Waals surface area contributed by atoms with Gasteiger partial charge >= 0.3 is 4.87 Å². The third kappa shape index (κ3) is 5.14. The largest absolute Gasteiger partial charge is 0.507 e. The summed E-state index contributed by atoms with van der Waals surface area (Å²) in [6, 6.07) is 7.48. The number of ketones is 1. The fourth-order valence-corrected chi connectivity index (χ4v) is 5.53. The molecule has 0 fully saturated rings. The lowest BCUT2D eigenvalue weighted by Crippen LogP contribution is -2.47. The molecule has 1 unspecified atom stereocenters. The predicted molar refractivity (Wildman–Crippen MR) is 140 cm³/mol. The Morgan fingerprint density at radius 1 is 1.06 bits per heavy atom. The van der Waals surface area contributed by atoms with Crippen LogP contribution in [0.3, 0.4) is 0 Å². The molecule has 1 aliphatic rings. The monoisotopic (exact) mass is 511 g/mol. The van der Waals surface area contributed by atoms with Crippen LogP contribution in [0.1, 0.15) is 76.5 Å². The average molecular weight is 512 g/mol. The number of carbonyl (C=O) groups excluding carboxylic acids is 1. The van der Waals surface area contributed by atoms with E-state index in [9.17, 15) is 19.8 Å². The second-order valence-electron chi connectivity index (χ2n) is 9.67. The highest BCUT2D eigenvalue weighted by molar-refractivity contribution is 7.09. The van der Waals surface area contributed by atoms with Crippen LogP contribution >= 0.6 is 11.3 Å². The van der Waals surface area contributed by atoms with Crippen LogP contribution in [-0.2, 0) is 6.42 Å². The summed E-state index contributed by atoms with van der Waals surface area (Å²) in [6.45, 7) is 7.83. The molecule has 36 heavy (non-hydrogen) atoms. The number of phenolic OH excluding ortho intramolecular Hbond substituents is 1. The first kappa shape index (κ1) is 25.8. The fourth-order valence-electron chi connectivity index (χ4n) is 4.77. The number of hydrogen-bond donors (Lipinski definition) is 3. The molecule has 0 aliphatic carbocycles. The van der Waals surface area contributed by atoms with Crippen molar-refractivity contribution >= 4 is 17.1 Å². The zero-order valence-electron chi connectivity index (χ0n) is 21.2. The second-order valence-corrected chi connectivity index (χ2v) is 10.7. The smallest absolute Gasteiger partial charge is 0.307 e. The number of ether oxygens (including phenoxy) is 2. The summed E-state index contributed by atoms with van der Waals surface area (Å²) in [5.41, 5.74) is 2.68. The van der Waals surface area contributed by atoms with Gasteiger partial charge in [-0.2, -0.15) is 0 Å². The average Bonchev–Trinajstić information content (AvgIpc) is 3.17. The van der Waals surface area contributed by atoms with E-state index >= 15 is 0 Å². The summed E-state index contributed by atoms with van der Waals surface area (Å²) in [4.78, 5) is 27.5. The molecule has 1 atom stereocenters. The van der Waals surface area contributed by atoms with Crippen molar-refractivity contribution in [3.63, 3.8) is 0 Å². The van der Waals surface area contributed by atoms with Gasteiger partial charge in [0.05, 0.1) is 16.9 Å². The Bertz CT molecular complexity index is 1320. The molecule has 1 aromatic heterocycles. The number of phenols is 1. The Hall–Kier alpha value is -3.26. The van der Waals surface area contributed by atoms with Crippen LogP contribution < -0.4 is 14.3 Å². The first-order valence-corrected chi connectivity index (χ1v) is 13.1. The molecule has 8 heteroatoms. The Balaban J connectivity index is 1.55. The van der Waals surface area contributed by atoms with E-state index in [1.165, 1.54) is 0 Å². The van der Waals surface area contributed by atoms with Gasteiger partial charge in [0.25, 0.3) is 0 Å². The van der Waals surface area contributed by atoms with Crippen molar-refractivity contribution in [2.24, 2.45) is 0 Å². The molecule has 0 spiro atoms. The van der Waals surface area contributed by atoms with E-state index in [1.807, 2.05) is 38.1 Å². The number of Topliss-reactive ketones (excluding diaryl/α,β-unsaturated/α-hetero) is 1. The number of unbranched alkanes of at least 4 members (excludes halogenated alkanes) is 2. The van der Waals surface area contributed by atoms with Crippen molar-refractivity contribution in [3.8, 4) is 23.1 Å². The number of aromatic hydroxyl groups is 2. The van der Waals surface area contributed by atoms with Crippen LogP contribution in [0.5, 0.6) is 23.1 Å². The molecule has 2 aromatic carbocycles. The predicted octanol–water partition coefficient (Wildman–Crippen LogP) is 5.73. The summed E-state index contributed by atoms with van der Waals surface area (Å²) in [5.74, 6) is 1.23. The maximum atomic E-state index is 13.3. The number of aromatic nitrogens is 1. The summed E-state index contributed by atoms with van der Waals surface area (Å²) >= 11 is 0.993. The highest BCUT2D eigenvalue weighted by atomic mass is 32.1. The van der Waals surface area contributed by atoms with Gasteiger partial charge in [0.15, 0.2) is 11.4 Å². The number of H-pyrrole nitrogens is 1. The van der Waals surface area contributed by atoms with E-state index in [4.69, 9.17) is 9.47 Å². The van der Waals surface area contributed by atoms with Crippen molar-refractivity contribution in [2.45, 2.75) is 71.8 Å². The summed E-state index contributed by atoms with van der Waals surface area (Å²) in [7, 11) is 0. The maximum absolute atomic E-state index is 13.3. The van der Waals surface area contributed by atoms with Crippen LogP contribution in [0.4, 0.5) is 0 Å². The van der Waals surface area contributed by atoms with Gasteiger partial charge in [0, 0.05) is 12.0 Å². The lowest BCUT2D eigenvalue weighted by atomic mass is 9.83. The van der Waals surface area contributed by atoms with E-state index in [1.54, 1.807) is 6.92 Å². The van der Waals surface area contributed by atoms with Crippen LogP contribution in [0, 0.1) is 20.8 Å². The Morgan fingerprint density at radius 2 is 1.78 bits per heavy atom. The third-order valence-corrected chi connectivity index (χ3v) is 7.89. The fraction of sp³-hybridized carbons (Fsp3) is 0.429. The zero-order valence-corrected chi connectivity index (χ0v) is 22.0. The SMILES string of the molecule is CCCCCC1(COc2ccc(Cc3sc(=O)[nH]c3O)cc2)CC(=O)c2c(C)c(O)c(C)c(C)c2O1. The molecule has 0 amide bonds. The van der Waals surface area contributed by atoms with Gasteiger partial charge in [-0.05, 0) is 62.4 Å². The molecule has 2 heterocycles. The van der Waals surface area contributed by atoms with Gasteiger partial charge in [0.2, 0.25) is 5.88 Å². The van der Waals surface area contributed by atoms with Gasteiger partial charge in [0.1, 0.15) is 23.9 Å². The number of fused-ring (bicyclic) bond motifs is 1. The molecule has 3 N–H and O–H groups in total. The van der Waals surface area contributed by atoms with E-state index < -0.39 is 5.60 Å². The van der Waals surface area contributed by atoms with Gasteiger partial charge in [-0.25, -0.2) is 0 Å². The molecule has 3 aromatic rings. The molecule has 0 radical (unpaired) electrons. The topological polar surface area (TPSA) is 109 Å². The highest BCUT2D eigenvalue weighted by Crippen LogP contribution is 2.44. The first-order valence-electron chi connectivity index (χ1n) is 12.3. The second kappa shape index (κ2) is 10.4. The number of carbonyl (C=O) groups is 1. The van der Waals surface area contributed by atoms with Gasteiger partial charge in [-0.1, -0.05) is 43.2 Å². The molecule has 0 saturated heterocycles. The van der Waals surface area contributed by atoms with Crippen LogP contribution in [0.2, 0.25) is 0 Å². The van der Waals surface area contributed by atoms with Crippen LogP contribution in [0.25, 0.3) is 0 Å². The summed E-state index contributed by atoms with van der Waals surface area (Å²) < 4.78 is 12.8. The summed E-state index contributed by atoms with van der Waals surface area (Å²) in [5, 5.41) is 20.3. The Morgan fingerprint density at radius 3 is 2.42 bits per heavy atom. The number of benzene rings is 2. The molecule has 0 saturated carbocycles. The summed E-state index contributed by atoms with van der Waals surface area (Å²) in [6.07, 6.45) is 4.32.